The molecule has 42 heavy (non-hydrogen) atoms. The Morgan fingerprint density at radius 3 is 2.45 bits per heavy atom. The fourth-order valence-corrected chi connectivity index (χ4v) is 5.98. The number of aliphatic hydroxyl groups is 1. The van der Waals surface area contributed by atoms with Crippen molar-refractivity contribution in [1.82, 2.24) is 5.32 Å². The van der Waals surface area contributed by atoms with Crippen LogP contribution in [-0.4, -0.2) is 39.8 Å². The van der Waals surface area contributed by atoms with Crippen LogP contribution in [0.3, 0.4) is 0 Å². The number of fused-ring (bicyclic) bond motifs is 2. The average Bonchev–Trinajstić information content (AvgIpc) is 3.58. The Kier molecular flexibility index (Phi) is 6.90. The second-order valence-electron chi connectivity index (χ2n) is 10.5. The van der Waals surface area contributed by atoms with Gasteiger partial charge in [-0.15, -0.1) is 0 Å². The molecule has 3 aromatic carbocycles. The van der Waals surface area contributed by atoms with Crippen LogP contribution in [-0.2, 0) is 16.4 Å². The number of halogens is 1. The molecule has 0 fully saturated rings. The van der Waals surface area contributed by atoms with Crippen molar-refractivity contribution in [2.75, 3.05) is 24.7 Å². The Labute approximate surface area is 242 Å². The molecule has 10 heteroatoms. The molecule has 1 aliphatic rings. The second-order valence-corrected chi connectivity index (χ2v) is 12.5. The van der Waals surface area contributed by atoms with Crippen LogP contribution in [0.4, 0.5) is 10.1 Å². The Morgan fingerprint density at radius 1 is 1.02 bits per heavy atom. The van der Waals surface area contributed by atoms with Crippen molar-refractivity contribution in [2.24, 2.45) is 0 Å². The lowest BCUT2D eigenvalue weighted by molar-refractivity contribution is 0.0964. The van der Waals surface area contributed by atoms with Gasteiger partial charge in [-0.1, -0.05) is 18.2 Å². The number of amides is 1. The number of carbonyl (C=O) groups is 1. The Morgan fingerprint density at radius 2 is 1.76 bits per heavy atom. The molecule has 0 bridgehead atoms. The molecule has 0 saturated carbocycles. The number of benzene rings is 3. The van der Waals surface area contributed by atoms with Crippen molar-refractivity contribution in [2.45, 2.75) is 25.4 Å². The van der Waals surface area contributed by atoms with Gasteiger partial charge in [0.1, 0.15) is 28.7 Å². The number of carbonyl (C=O) groups excluding carboxylic acids is 1. The van der Waals surface area contributed by atoms with Crippen molar-refractivity contribution in [1.29, 1.82) is 0 Å². The van der Waals surface area contributed by atoms with E-state index < -0.39 is 27.9 Å². The molecule has 5 aromatic rings. The third kappa shape index (κ3) is 4.86. The minimum Gasteiger partial charge on any atom is -0.461 e. The third-order valence-electron chi connectivity index (χ3n) is 7.74. The van der Waals surface area contributed by atoms with Gasteiger partial charge in [0, 0.05) is 54.2 Å². The molecule has 1 amide bonds. The van der Waals surface area contributed by atoms with E-state index in [2.05, 4.69) is 5.32 Å². The zero-order chi connectivity index (χ0) is 29.8. The molecule has 0 radical (unpaired) electrons. The van der Waals surface area contributed by atoms with Crippen LogP contribution in [0.15, 0.2) is 75.6 Å². The van der Waals surface area contributed by atoms with Gasteiger partial charge < -0.3 is 19.3 Å². The number of hydrogen-bond donors (Lipinski definition) is 2. The van der Waals surface area contributed by atoms with Crippen LogP contribution in [0.2, 0.25) is 0 Å². The van der Waals surface area contributed by atoms with Crippen molar-refractivity contribution in [3.05, 3.63) is 89.4 Å². The summed E-state index contributed by atoms with van der Waals surface area (Å²) >= 11 is 0. The smallest absolute Gasteiger partial charge is 0.255 e. The molecular weight excluding hydrogens is 559 g/mol. The SMILES string of the molecule is CNC(=O)c1c(-c2ccc(F)cc2)oc2cc(N(C)S(C)(=O)=O)c(-c3cccc(-c4cc5c(o4)CCCC5O)c3)cc12. The molecule has 1 atom stereocenters. The van der Waals surface area contributed by atoms with E-state index in [1.165, 1.54) is 38.4 Å². The van der Waals surface area contributed by atoms with E-state index in [1.54, 1.807) is 12.1 Å². The summed E-state index contributed by atoms with van der Waals surface area (Å²) in [5.74, 6) is 0.784. The first-order chi connectivity index (χ1) is 20.0. The fourth-order valence-electron chi connectivity index (χ4n) is 5.47. The normalized spacial score (nSPS) is 15.0. The van der Waals surface area contributed by atoms with Gasteiger partial charge >= 0.3 is 0 Å². The van der Waals surface area contributed by atoms with Crippen molar-refractivity contribution in [3.8, 4) is 33.8 Å². The summed E-state index contributed by atoms with van der Waals surface area (Å²) in [5, 5.41) is 13.6. The summed E-state index contributed by atoms with van der Waals surface area (Å²) in [4.78, 5) is 13.2. The predicted octanol–water partition coefficient (Wildman–Crippen LogP) is 6.29. The van der Waals surface area contributed by atoms with Crippen LogP contribution >= 0.6 is 0 Å². The molecule has 1 aliphatic carbocycles. The molecule has 2 heterocycles. The van der Waals surface area contributed by atoms with E-state index in [4.69, 9.17) is 8.83 Å². The minimum absolute atomic E-state index is 0.239. The molecule has 0 aliphatic heterocycles. The molecule has 0 saturated heterocycles. The van der Waals surface area contributed by atoms with Gasteiger partial charge in [-0.25, -0.2) is 12.8 Å². The summed E-state index contributed by atoms with van der Waals surface area (Å²) in [6.45, 7) is 0. The maximum Gasteiger partial charge on any atom is 0.255 e. The van der Waals surface area contributed by atoms with Gasteiger partial charge in [-0.05, 0) is 60.9 Å². The number of hydrogen-bond acceptors (Lipinski definition) is 6. The highest BCUT2D eigenvalue weighted by atomic mass is 32.2. The lowest BCUT2D eigenvalue weighted by atomic mass is 9.95. The first-order valence-electron chi connectivity index (χ1n) is 13.5. The van der Waals surface area contributed by atoms with Crippen LogP contribution in [0.5, 0.6) is 0 Å². The maximum atomic E-state index is 13.7. The minimum atomic E-state index is -3.68. The number of aliphatic hydroxyl groups excluding tert-OH is 1. The monoisotopic (exact) mass is 588 g/mol. The van der Waals surface area contributed by atoms with Crippen molar-refractivity contribution in [3.63, 3.8) is 0 Å². The van der Waals surface area contributed by atoms with Gasteiger partial charge in [0.25, 0.3) is 5.91 Å². The molecule has 2 N–H and O–H groups in total. The van der Waals surface area contributed by atoms with Crippen molar-refractivity contribution < 1.29 is 31.5 Å². The van der Waals surface area contributed by atoms with Gasteiger partial charge in [-0.2, -0.15) is 0 Å². The summed E-state index contributed by atoms with van der Waals surface area (Å²) in [6.07, 6.45) is 2.83. The summed E-state index contributed by atoms with van der Waals surface area (Å²) in [7, 11) is -0.723. The first-order valence-corrected chi connectivity index (χ1v) is 15.3. The quantitative estimate of drug-likeness (QED) is 0.241. The summed E-state index contributed by atoms with van der Waals surface area (Å²) in [6, 6.07) is 18.3. The van der Waals surface area contributed by atoms with Gasteiger partial charge in [0.05, 0.1) is 23.6 Å². The van der Waals surface area contributed by atoms with Crippen molar-refractivity contribution >= 4 is 32.6 Å². The van der Waals surface area contributed by atoms with E-state index in [-0.39, 0.29) is 11.3 Å². The van der Waals surface area contributed by atoms with E-state index in [1.807, 2.05) is 30.3 Å². The van der Waals surface area contributed by atoms with Crippen LogP contribution in [0, 0.1) is 5.82 Å². The molecular formula is C32H29FN2O6S. The highest BCUT2D eigenvalue weighted by Crippen LogP contribution is 2.43. The third-order valence-corrected chi connectivity index (χ3v) is 8.94. The zero-order valence-electron chi connectivity index (χ0n) is 23.3. The van der Waals surface area contributed by atoms with Crippen LogP contribution < -0.4 is 9.62 Å². The molecule has 6 rings (SSSR count). The number of nitrogens with one attached hydrogen (secondary N) is 1. The first kappa shape index (κ1) is 27.7. The summed E-state index contributed by atoms with van der Waals surface area (Å²) in [5.41, 5.74) is 4.17. The highest BCUT2D eigenvalue weighted by Gasteiger charge is 2.27. The predicted molar refractivity (Wildman–Crippen MR) is 159 cm³/mol. The standard InChI is InChI=1S/C32H29FN2O6S/c1-34-32(37)30-24-15-22(19-6-4-7-20(14-19)28-16-23-26(36)8-5-9-27(23)40-28)25(35(2)42(3,38)39)17-29(24)41-31(30)18-10-12-21(33)13-11-18/h4,6-7,10-17,26,36H,5,8-9H2,1-3H3,(H,34,37). The lowest BCUT2D eigenvalue weighted by Crippen LogP contribution is -2.25. The molecule has 8 nitrogen and oxygen atoms in total. The van der Waals surface area contributed by atoms with E-state index >= 15 is 0 Å². The number of furan rings is 2. The molecule has 2 aromatic heterocycles. The number of anilines is 1. The number of sulfonamides is 1. The largest absolute Gasteiger partial charge is 0.461 e. The zero-order valence-corrected chi connectivity index (χ0v) is 24.1. The molecule has 1 unspecified atom stereocenters. The Hall–Kier alpha value is -4.41. The number of aryl methyl sites for hydroxylation is 1. The number of nitrogens with zero attached hydrogens (tertiary/aromatic N) is 1. The summed E-state index contributed by atoms with van der Waals surface area (Å²) < 4.78 is 52.5. The van der Waals surface area contributed by atoms with Gasteiger partial charge in [0.2, 0.25) is 10.0 Å². The molecule has 216 valence electrons. The number of rotatable bonds is 6. The van der Waals surface area contributed by atoms with Gasteiger partial charge in [0.15, 0.2) is 0 Å². The maximum absolute atomic E-state index is 13.7. The fraction of sp³-hybridized carbons (Fsp3) is 0.219. The molecule has 0 spiro atoms. The lowest BCUT2D eigenvalue weighted by Gasteiger charge is -2.21. The topological polar surface area (TPSA) is 113 Å². The van der Waals surface area contributed by atoms with Crippen LogP contribution in [0.1, 0.15) is 40.6 Å². The second kappa shape index (κ2) is 10.5. The Bertz CT molecular complexity index is 1940. The van der Waals surface area contributed by atoms with E-state index in [9.17, 15) is 22.7 Å². The van der Waals surface area contributed by atoms with E-state index in [0.717, 1.165) is 40.3 Å². The highest BCUT2D eigenvalue weighted by molar-refractivity contribution is 7.92. The Balaban J connectivity index is 1.58. The van der Waals surface area contributed by atoms with E-state index in [0.29, 0.717) is 45.5 Å². The van der Waals surface area contributed by atoms with Gasteiger partial charge in [-0.3, -0.25) is 9.10 Å². The van der Waals surface area contributed by atoms with Crippen LogP contribution in [0.25, 0.3) is 44.7 Å². The average molecular weight is 589 g/mol.